The summed E-state index contributed by atoms with van der Waals surface area (Å²) in [6.45, 7) is 2.23. The van der Waals surface area contributed by atoms with Gasteiger partial charge in [0.05, 0.1) is 6.42 Å². The van der Waals surface area contributed by atoms with Crippen LogP contribution in [0.4, 0.5) is 5.69 Å². The SMILES string of the molecule is CC(Cc1ccc2c(c1)CC(=O)N2)NC1CC1. The second-order valence-electron chi connectivity index (χ2n) is 5.26. The van der Waals surface area contributed by atoms with Crippen LogP contribution in [0.1, 0.15) is 30.9 Å². The number of fused-ring (bicyclic) bond motifs is 1. The summed E-state index contributed by atoms with van der Waals surface area (Å²) in [6.07, 6.45) is 4.23. The standard InChI is InChI=1S/C14H18N2O/c1-9(15-12-3-4-12)6-10-2-5-13-11(7-10)8-14(17)16-13/h2,5,7,9,12,15H,3-4,6,8H2,1H3,(H,16,17). The zero-order chi connectivity index (χ0) is 11.8. The molecule has 1 aromatic rings. The van der Waals surface area contributed by atoms with Crippen molar-refractivity contribution in [3.05, 3.63) is 29.3 Å². The second kappa shape index (κ2) is 4.15. The van der Waals surface area contributed by atoms with Gasteiger partial charge in [0.1, 0.15) is 0 Å². The van der Waals surface area contributed by atoms with Crippen LogP contribution in [0.15, 0.2) is 18.2 Å². The van der Waals surface area contributed by atoms with Gasteiger partial charge in [-0.1, -0.05) is 12.1 Å². The van der Waals surface area contributed by atoms with Gasteiger partial charge in [-0.3, -0.25) is 4.79 Å². The highest BCUT2D eigenvalue weighted by molar-refractivity contribution is 5.99. The van der Waals surface area contributed by atoms with Crippen LogP contribution < -0.4 is 10.6 Å². The van der Waals surface area contributed by atoms with Gasteiger partial charge in [-0.05, 0) is 43.4 Å². The molecule has 1 fully saturated rings. The van der Waals surface area contributed by atoms with Crippen molar-refractivity contribution in [2.24, 2.45) is 0 Å². The maximum Gasteiger partial charge on any atom is 0.228 e. The van der Waals surface area contributed by atoms with E-state index >= 15 is 0 Å². The van der Waals surface area contributed by atoms with Crippen LogP contribution in [0, 0.1) is 0 Å². The van der Waals surface area contributed by atoms with Crippen LogP contribution in [0.3, 0.4) is 0 Å². The molecular weight excluding hydrogens is 212 g/mol. The summed E-state index contributed by atoms with van der Waals surface area (Å²) < 4.78 is 0. The van der Waals surface area contributed by atoms with Crippen molar-refractivity contribution < 1.29 is 4.79 Å². The number of hydrogen-bond donors (Lipinski definition) is 2. The highest BCUT2D eigenvalue weighted by Crippen LogP contribution is 2.25. The molecule has 90 valence electrons. The minimum absolute atomic E-state index is 0.112. The highest BCUT2D eigenvalue weighted by Gasteiger charge is 2.23. The number of amides is 1. The van der Waals surface area contributed by atoms with E-state index in [1.54, 1.807) is 0 Å². The fraction of sp³-hybridized carbons (Fsp3) is 0.500. The Hall–Kier alpha value is -1.35. The minimum atomic E-state index is 0.112. The number of rotatable bonds is 4. The average molecular weight is 230 g/mol. The van der Waals surface area contributed by atoms with Crippen molar-refractivity contribution in [1.29, 1.82) is 0 Å². The predicted octanol–water partition coefficient (Wildman–Crippen LogP) is 1.86. The van der Waals surface area contributed by atoms with Gasteiger partial charge in [-0.2, -0.15) is 0 Å². The molecule has 1 aromatic carbocycles. The molecule has 1 saturated carbocycles. The van der Waals surface area contributed by atoms with E-state index in [2.05, 4.69) is 29.7 Å². The summed E-state index contributed by atoms with van der Waals surface area (Å²) in [5.74, 6) is 0.112. The van der Waals surface area contributed by atoms with E-state index in [9.17, 15) is 4.79 Å². The van der Waals surface area contributed by atoms with Gasteiger partial charge in [0.25, 0.3) is 0 Å². The van der Waals surface area contributed by atoms with Gasteiger partial charge in [-0.15, -0.1) is 0 Å². The maximum atomic E-state index is 11.3. The summed E-state index contributed by atoms with van der Waals surface area (Å²) in [6, 6.07) is 7.58. The molecule has 2 N–H and O–H groups in total. The predicted molar refractivity (Wildman–Crippen MR) is 68.1 cm³/mol. The van der Waals surface area contributed by atoms with Crippen LogP contribution >= 0.6 is 0 Å². The molecule has 3 nitrogen and oxygen atoms in total. The Kier molecular flexibility index (Phi) is 2.63. The summed E-state index contributed by atoms with van der Waals surface area (Å²) in [5.41, 5.74) is 3.45. The third-order valence-corrected chi connectivity index (χ3v) is 3.43. The molecular formula is C14H18N2O. The lowest BCUT2D eigenvalue weighted by molar-refractivity contribution is -0.115. The summed E-state index contributed by atoms with van der Waals surface area (Å²) in [7, 11) is 0. The molecule has 17 heavy (non-hydrogen) atoms. The van der Waals surface area contributed by atoms with Crippen LogP contribution in [-0.2, 0) is 17.6 Å². The third-order valence-electron chi connectivity index (χ3n) is 3.43. The Morgan fingerprint density at radius 3 is 3.06 bits per heavy atom. The van der Waals surface area contributed by atoms with Crippen molar-refractivity contribution in [2.45, 2.75) is 44.7 Å². The largest absolute Gasteiger partial charge is 0.326 e. The number of carbonyl (C=O) groups excluding carboxylic acids is 1. The summed E-state index contributed by atoms with van der Waals surface area (Å²) in [5, 5.41) is 6.46. The lowest BCUT2D eigenvalue weighted by atomic mass is 10.0. The quantitative estimate of drug-likeness (QED) is 0.829. The molecule has 0 bridgehead atoms. The molecule has 0 aromatic heterocycles. The Morgan fingerprint density at radius 2 is 2.29 bits per heavy atom. The van der Waals surface area contributed by atoms with E-state index in [1.807, 2.05) is 6.07 Å². The monoisotopic (exact) mass is 230 g/mol. The molecule has 3 rings (SSSR count). The molecule has 0 radical (unpaired) electrons. The molecule has 0 saturated heterocycles. The fourth-order valence-electron chi connectivity index (χ4n) is 2.47. The molecule has 1 unspecified atom stereocenters. The minimum Gasteiger partial charge on any atom is -0.326 e. The second-order valence-corrected chi connectivity index (χ2v) is 5.26. The number of hydrogen-bond acceptors (Lipinski definition) is 2. The fourth-order valence-corrected chi connectivity index (χ4v) is 2.47. The maximum absolute atomic E-state index is 11.3. The van der Waals surface area contributed by atoms with Gasteiger partial charge in [0.15, 0.2) is 0 Å². The zero-order valence-corrected chi connectivity index (χ0v) is 10.1. The first-order chi connectivity index (χ1) is 8.20. The molecule has 0 spiro atoms. The topological polar surface area (TPSA) is 41.1 Å². The van der Waals surface area contributed by atoms with E-state index < -0.39 is 0 Å². The lowest BCUT2D eigenvalue weighted by Gasteiger charge is -2.13. The molecule has 1 heterocycles. The van der Waals surface area contributed by atoms with E-state index in [4.69, 9.17) is 0 Å². The van der Waals surface area contributed by atoms with Crippen molar-refractivity contribution in [3.63, 3.8) is 0 Å². The van der Waals surface area contributed by atoms with Crippen molar-refractivity contribution >= 4 is 11.6 Å². The van der Waals surface area contributed by atoms with E-state index in [-0.39, 0.29) is 5.91 Å². The Labute approximate surface area is 102 Å². The average Bonchev–Trinajstić information content (AvgIpc) is 2.98. The molecule has 1 amide bonds. The van der Waals surface area contributed by atoms with Gasteiger partial charge in [-0.25, -0.2) is 0 Å². The number of anilines is 1. The van der Waals surface area contributed by atoms with Crippen molar-refractivity contribution in [3.8, 4) is 0 Å². The van der Waals surface area contributed by atoms with E-state index in [0.29, 0.717) is 12.5 Å². The molecule has 1 aliphatic heterocycles. The Morgan fingerprint density at radius 1 is 1.47 bits per heavy atom. The normalized spacial score (nSPS) is 19.9. The zero-order valence-electron chi connectivity index (χ0n) is 10.1. The number of benzene rings is 1. The van der Waals surface area contributed by atoms with E-state index in [0.717, 1.165) is 23.7 Å². The van der Waals surface area contributed by atoms with Crippen LogP contribution in [0.2, 0.25) is 0 Å². The first kappa shape index (κ1) is 10.8. The van der Waals surface area contributed by atoms with Gasteiger partial charge >= 0.3 is 0 Å². The van der Waals surface area contributed by atoms with E-state index in [1.165, 1.54) is 18.4 Å². The van der Waals surface area contributed by atoms with Crippen LogP contribution in [0.5, 0.6) is 0 Å². The lowest BCUT2D eigenvalue weighted by Crippen LogP contribution is -2.29. The smallest absolute Gasteiger partial charge is 0.228 e. The number of nitrogens with one attached hydrogen (secondary N) is 2. The third kappa shape index (κ3) is 2.50. The van der Waals surface area contributed by atoms with Crippen LogP contribution in [0.25, 0.3) is 0 Å². The van der Waals surface area contributed by atoms with Crippen molar-refractivity contribution in [2.75, 3.05) is 5.32 Å². The molecule has 1 aliphatic carbocycles. The molecule has 3 heteroatoms. The Bertz CT molecular complexity index is 452. The first-order valence-electron chi connectivity index (χ1n) is 6.38. The summed E-state index contributed by atoms with van der Waals surface area (Å²) in [4.78, 5) is 11.3. The first-order valence-corrected chi connectivity index (χ1v) is 6.38. The molecule has 2 aliphatic rings. The summed E-state index contributed by atoms with van der Waals surface area (Å²) >= 11 is 0. The Balaban J connectivity index is 1.67. The van der Waals surface area contributed by atoms with Gasteiger partial charge in [0.2, 0.25) is 5.91 Å². The van der Waals surface area contributed by atoms with Crippen LogP contribution in [-0.4, -0.2) is 18.0 Å². The van der Waals surface area contributed by atoms with Gasteiger partial charge < -0.3 is 10.6 Å². The highest BCUT2D eigenvalue weighted by atomic mass is 16.1. The molecule has 1 atom stereocenters. The number of carbonyl (C=O) groups is 1. The van der Waals surface area contributed by atoms with Crippen molar-refractivity contribution in [1.82, 2.24) is 5.32 Å². The van der Waals surface area contributed by atoms with Gasteiger partial charge in [0, 0.05) is 17.8 Å².